The number of hydrogen-bond donors (Lipinski definition) is 2. The number of aliphatic hydroxyl groups excluding tert-OH is 1. The van der Waals surface area contributed by atoms with Crippen LogP contribution in [0.3, 0.4) is 0 Å². The molecule has 14 heavy (non-hydrogen) atoms. The molecule has 1 aliphatic rings. The molecule has 1 aliphatic heterocycles. The summed E-state index contributed by atoms with van der Waals surface area (Å²) in [5.74, 6) is 1.59. The Kier molecular flexibility index (Phi) is 3.18. The van der Waals surface area contributed by atoms with Gasteiger partial charge in [-0.25, -0.2) is 0 Å². The average molecular weight is 196 g/mol. The summed E-state index contributed by atoms with van der Waals surface area (Å²) in [6.07, 6.45) is 0. The van der Waals surface area contributed by atoms with Gasteiger partial charge >= 0.3 is 0 Å². The topological polar surface area (TPSA) is 48.6 Å². The van der Waals surface area contributed by atoms with E-state index in [0.29, 0.717) is 5.76 Å². The van der Waals surface area contributed by atoms with Crippen molar-refractivity contribution in [1.82, 2.24) is 10.2 Å². The van der Waals surface area contributed by atoms with E-state index in [1.54, 1.807) is 0 Å². The molecule has 4 nitrogen and oxygen atoms in total. The predicted octanol–water partition coefficient (Wildman–Crippen LogP) is 0.177. The third-order valence-corrected chi connectivity index (χ3v) is 2.46. The molecule has 2 heterocycles. The average Bonchev–Trinajstić information content (AvgIpc) is 2.67. The highest BCUT2D eigenvalue weighted by Crippen LogP contribution is 2.10. The van der Waals surface area contributed by atoms with E-state index < -0.39 is 0 Å². The Bertz CT molecular complexity index is 279. The van der Waals surface area contributed by atoms with E-state index in [1.807, 2.05) is 12.1 Å². The van der Waals surface area contributed by atoms with Gasteiger partial charge in [0.1, 0.15) is 18.1 Å². The lowest BCUT2D eigenvalue weighted by Crippen LogP contribution is -2.42. The predicted molar refractivity (Wildman–Crippen MR) is 52.8 cm³/mol. The lowest BCUT2D eigenvalue weighted by molar-refractivity contribution is 0.203. The zero-order valence-corrected chi connectivity index (χ0v) is 8.20. The largest absolute Gasteiger partial charge is 0.462 e. The number of hydrogen-bond acceptors (Lipinski definition) is 4. The first kappa shape index (κ1) is 9.71. The molecule has 1 aromatic heterocycles. The van der Waals surface area contributed by atoms with E-state index in [4.69, 9.17) is 9.52 Å². The summed E-state index contributed by atoms with van der Waals surface area (Å²) in [7, 11) is 0. The molecule has 1 aromatic rings. The van der Waals surface area contributed by atoms with Crippen molar-refractivity contribution < 1.29 is 9.52 Å². The minimum Gasteiger partial charge on any atom is -0.462 e. The lowest BCUT2D eigenvalue weighted by Gasteiger charge is -2.26. The summed E-state index contributed by atoms with van der Waals surface area (Å²) < 4.78 is 5.42. The molecule has 0 amide bonds. The molecule has 1 saturated heterocycles. The molecule has 1 fully saturated rings. The summed E-state index contributed by atoms with van der Waals surface area (Å²) in [5.41, 5.74) is 0. The second-order valence-electron chi connectivity index (χ2n) is 3.55. The van der Waals surface area contributed by atoms with E-state index >= 15 is 0 Å². The summed E-state index contributed by atoms with van der Waals surface area (Å²) in [4.78, 5) is 2.34. The van der Waals surface area contributed by atoms with Crippen molar-refractivity contribution in [2.45, 2.75) is 13.2 Å². The summed E-state index contributed by atoms with van der Waals surface area (Å²) in [6, 6.07) is 3.77. The maximum atomic E-state index is 8.84. The Morgan fingerprint density at radius 3 is 2.64 bits per heavy atom. The van der Waals surface area contributed by atoms with Crippen LogP contribution >= 0.6 is 0 Å². The van der Waals surface area contributed by atoms with Gasteiger partial charge in [-0.15, -0.1) is 0 Å². The molecule has 0 aromatic carbocycles. The third kappa shape index (κ3) is 2.35. The van der Waals surface area contributed by atoms with Crippen molar-refractivity contribution in [3.8, 4) is 0 Å². The molecule has 0 atom stereocenters. The molecular formula is C10H16N2O2. The molecule has 0 radical (unpaired) electrons. The lowest BCUT2D eigenvalue weighted by atomic mass is 10.3. The van der Waals surface area contributed by atoms with Crippen LogP contribution in [-0.2, 0) is 13.2 Å². The SMILES string of the molecule is OCc1ccc(CN2CCNCC2)o1. The van der Waals surface area contributed by atoms with Gasteiger partial charge in [-0.05, 0) is 12.1 Å². The molecule has 0 unspecified atom stereocenters. The zero-order chi connectivity index (χ0) is 9.80. The maximum Gasteiger partial charge on any atom is 0.129 e. The highest BCUT2D eigenvalue weighted by molar-refractivity contribution is 5.06. The summed E-state index contributed by atoms with van der Waals surface area (Å²) >= 11 is 0. The number of nitrogens with zero attached hydrogens (tertiary/aromatic N) is 1. The molecule has 4 heteroatoms. The van der Waals surface area contributed by atoms with Crippen molar-refractivity contribution in [3.05, 3.63) is 23.7 Å². The van der Waals surface area contributed by atoms with Crippen LogP contribution in [0, 0.1) is 0 Å². The van der Waals surface area contributed by atoms with E-state index in [1.165, 1.54) is 0 Å². The Hall–Kier alpha value is -0.840. The van der Waals surface area contributed by atoms with Crippen LogP contribution in [-0.4, -0.2) is 36.2 Å². The van der Waals surface area contributed by atoms with Gasteiger partial charge in [0, 0.05) is 26.2 Å². The minimum absolute atomic E-state index is 0.0123. The van der Waals surface area contributed by atoms with E-state index in [2.05, 4.69) is 10.2 Å². The van der Waals surface area contributed by atoms with Crippen LogP contribution < -0.4 is 5.32 Å². The Labute approximate surface area is 83.5 Å². The molecule has 0 aliphatic carbocycles. The van der Waals surface area contributed by atoms with Crippen LogP contribution in [0.1, 0.15) is 11.5 Å². The van der Waals surface area contributed by atoms with Crippen molar-refractivity contribution >= 4 is 0 Å². The zero-order valence-electron chi connectivity index (χ0n) is 8.20. The molecule has 2 N–H and O–H groups in total. The first-order valence-corrected chi connectivity index (χ1v) is 5.00. The van der Waals surface area contributed by atoms with Crippen LogP contribution in [0.4, 0.5) is 0 Å². The van der Waals surface area contributed by atoms with Gasteiger partial charge in [-0.3, -0.25) is 4.90 Å². The van der Waals surface area contributed by atoms with Crippen LogP contribution in [0.2, 0.25) is 0 Å². The summed E-state index contributed by atoms with van der Waals surface area (Å²) in [6.45, 7) is 5.06. The number of piperazine rings is 1. The second-order valence-corrected chi connectivity index (χ2v) is 3.55. The Morgan fingerprint density at radius 1 is 1.29 bits per heavy atom. The fourth-order valence-corrected chi connectivity index (χ4v) is 1.68. The fraction of sp³-hybridized carbons (Fsp3) is 0.600. The van der Waals surface area contributed by atoms with Gasteiger partial charge in [-0.1, -0.05) is 0 Å². The molecular weight excluding hydrogens is 180 g/mol. The van der Waals surface area contributed by atoms with Gasteiger partial charge in [0.2, 0.25) is 0 Å². The molecule has 78 valence electrons. The third-order valence-electron chi connectivity index (χ3n) is 2.46. The van der Waals surface area contributed by atoms with Gasteiger partial charge in [-0.2, -0.15) is 0 Å². The number of furan rings is 1. The van der Waals surface area contributed by atoms with Crippen LogP contribution in [0.15, 0.2) is 16.5 Å². The quantitative estimate of drug-likeness (QED) is 0.724. The highest BCUT2D eigenvalue weighted by Gasteiger charge is 2.11. The molecule has 0 bridgehead atoms. The standard InChI is InChI=1S/C10H16N2O2/c13-8-10-2-1-9(14-10)7-12-5-3-11-4-6-12/h1-2,11,13H,3-8H2. The molecule has 0 saturated carbocycles. The first-order chi connectivity index (χ1) is 6.88. The van der Waals surface area contributed by atoms with Gasteiger partial charge in [0.25, 0.3) is 0 Å². The van der Waals surface area contributed by atoms with Crippen LogP contribution in [0.25, 0.3) is 0 Å². The van der Waals surface area contributed by atoms with E-state index in [0.717, 1.165) is 38.5 Å². The Balaban J connectivity index is 1.89. The highest BCUT2D eigenvalue weighted by atomic mass is 16.4. The smallest absolute Gasteiger partial charge is 0.129 e. The molecule has 2 rings (SSSR count). The van der Waals surface area contributed by atoms with E-state index in [9.17, 15) is 0 Å². The van der Waals surface area contributed by atoms with Crippen molar-refractivity contribution in [2.75, 3.05) is 26.2 Å². The van der Waals surface area contributed by atoms with Crippen LogP contribution in [0.5, 0.6) is 0 Å². The number of rotatable bonds is 3. The van der Waals surface area contributed by atoms with Crippen molar-refractivity contribution in [3.63, 3.8) is 0 Å². The fourth-order valence-electron chi connectivity index (χ4n) is 1.68. The summed E-state index contributed by atoms with van der Waals surface area (Å²) in [5, 5.41) is 12.1. The first-order valence-electron chi connectivity index (χ1n) is 5.00. The second kappa shape index (κ2) is 4.59. The normalized spacial score (nSPS) is 18.6. The Morgan fingerprint density at radius 2 is 2.00 bits per heavy atom. The van der Waals surface area contributed by atoms with Gasteiger partial charge < -0.3 is 14.8 Å². The maximum absolute atomic E-state index is 8.84. The molecule has 0 spiro atoms. The van der Waals surface area contributed by atoms with Crippen molar-refractivity contribution in [1.29, 1.82) is 0 Å². The number of aliphatic hydroxyl groups is 1. The van der Waals surface area contributed by atoms with E-state index in [-0.39, 0.29) is 6.61 Å². The van der Waals surface area contributed by atoms with Gasteiger partial charge in [0.05, 0.1) is 6.54 Å². The number of nitrogens with one attached hydrogen (secondary N) is 1. The monoisotopic (exact) mass is 196 g/mol. The minimum atomic E-state index is -0.0123. The van der Waals surface area contributed by atoms with Crippen molar-refractivity contribution in [2.24, 2.45) is 0 Å². The van der Waals surface area contributed by atoms with Gasteiger partial charge in [0.15, 0.2) is 0 Å².